The van der Waals surface area contributed by atoms with Crippen LogP contribution in [0.1, 0.15) is 11.6 Å². The highest BCUT2D eigenvalue weighted by Crippen LogP contribution is 2.23. The maximum atomic E-state index is 12.2. The Morgan fingerprint density at radius 1 is 1.07 bits per heavy atom. The molecule has 0 aliphatic heterocycles. The molecule has 0 fully saturated rings. The van der Waals surface area contributed by atoms with Crippen LogP contribution >= 0.6 is 11.8 Å². The van der Waals surface area contributed by atoms with E-state index in [1.807, 2.05) is 62.6 Å². The number of thioether (sulfide) groups is 1. The number of nitrogens with zero attached hydrogens (tertiary/aromatic N) is 3. The van der Waals surface area contributed by atoms with E-state index in [1.54, 1.807) is 0 Å². The first-order chi connectivity index (χ1) is 13.1. The molecule has 0 radical (unpaired) electrons. The summed E-state index contributed by atoms with van der Waals surface area (Å²) in [5, 5.41) is 11.4. The number of hydrogen-bond acceptors (Lipinski definition) is 6. The van der Waals surface area contributed by atoms with Crippen molar-refractivity contribution >= 4 is 17.7 Å². The summed E-state index contributed by atoms with van der Waals surface area (Å²) in [6, 6.07) is 19.8. The predicted molar refractivity (Wildman–Crippen MR) is 106 cm³/mol. The van der Waals surface area contributed by atoms with Crippen molar-refractivity contribution in [2.24, 2.45) is 0 Å². The van der Waals surface area contributed by atoms with Gasteiger partial charge < -0.3 is 14.6 Å². The normalized spacial score (nSPS) is 12.1. The third kappa shape index (κ3) is 5.42. The van der Waals surface area contributed by atoms with Gasteiger partial charge in [-0.3, -0.25) is 4.79 Å². The van der Waals surface area contributed by atoms with Gasteiger partial charge in [-0.25, -0.2) is 0 Å². The molecular formula is C20H22N4O2S. The molecule has 1 N–H and O–H groups in total. The van der Waals surface area contributed by atoms with Crippen LogP contribution in [0.15, 0.2) is 70.3 Å². The van der Waals surface area contributed by atoms with Crippen LogP contribution < -0.4 is 5.32 Å². The number of likely N-dealkylation sites (N-methyl/N-ethyl adjacent to an activating group) is 1. The average Bonchev–Trinajstić information content (AvgIpc) is 3.17. The molecular weight excluding hydrogens is 360 g/mol. The first-order valence-electron chi connectivity index (χ1n) is 8.63. The molecule has 1 amide bonds. The average molecular weight is 382 g/mol. The number of rotatable bonds is 8. The van der Waals surface area contributed by atoms with Crippen molar-refractivity contribution in [3.63, 3.8) is 0 Å². The van der Waals surface area contributed by atoms with E-state index in [9.17, 15) is 4.79 Å². The van der Waals surface area contributed by atoms with Gasteiger partial charge in [-0.05, 0) is 31.8 Å². The SMILES string of the molecule is CN(C)[C@@H](CNC(=O)CSc1nnc(-c2ccccc2)o1)c1ccccc1. The van der Waals surface area contributed by atoms with E-state index in [0.29, 0.717) is 17.7 Å². The fraction of sp³-hybridized carbons (Fsp3) is 0.250. The third-order valence-corrected chi connectivity index (χ3v) is 4.87. The van der Waals surface area contributed by atoms with Crippen LogP contribution in [0.5, 0.6) is 0 Å². The summed E-state index contributed by atoms with van der Waals surface area (Å²) in [5.41, 5.74) is 2.03. The van der Waals surface area contributed by atoms with Crippen LogP contribution in [0.25, 0.3) is 11.5 Å². The third-order valence-electron chi connectivity index (χ3n) is 4.05. The summed E-state index contributed by atoms with van der Waals surface area (Å²) in [7, 11) is 4.00. The van der Waals surface area contributed by atoms with Gasteiger partial charge in [-0.2, -0.15) is 0 Å². The second kappa shape index (κ2) is 9.34. The largest absolute Gasteiger partial charge is 0.411 e. The molecule has 0 spiro atoms. The van der Waals surface area contributed by atoms with Crippen LogP contribution in [0, 0.1) is 0 Å². The van der Waals surface area contributed by atoms with Gasteiger partial charge in [0.1, 0.15) is 0 Å². The summed E-state index contributed by atoms with van der Waals surface area (Å²) < 4.78 is 5.61. The van der Waals surface area contributed by atoms with E-state index in [-0.39, 0.29) is 17.7 Å². The molecule has 7 heteroatoms. The van der Waals surface area contributed by atoms with Gasteiger partial charge in [0.2, 0.25) is 11.8 Å². The topological polar surface area (TPSA) is 71.3 Å². The van der Waals surface area contributed by atoms with E-state index >= 15 is 0 Å². The van der Waals surface area contributed by atoms with E-state index in [4.69, 9.17) is 4.42 Å². The molecule has 0 saturated heterocycles. The lowest BCUT2D eigenvalue weighted by atomic mass is 10.1. The van der Waals surface area contributed by atoms with E-state index in [1.165, 1.54) is 17.3 Å². The minimum atomic E-state index is -0.0674. The molecule has 0 aliphatic carbocycles. The first-order valence-corrected chi connectivity index (χ1v) is 9.62. The number of amides is 1. The first kappa shape index (κ1) is 19.1. The Hall–Kier alpha value is -2.64. The Morgan fingerprint density at radius 3 is 2.41 bits per heavy atom. The smallest absolute Gasteiger partial charge is 0.277 e. The van der Waals surface area contributed by atoms with Crippen LogP contribution in [-0.2, 0) is 4.79 Å². The zero-order valence-electron chi connectivity index (χ0n) is 15.3. The van der Waals surface area contributed by atoms with Crippen molar-refractivity contribution in [2.45, 2.75) is 11.3 Å². The fourth-order valence-electron chi connectivity index (χ4n) is 2.63. The van der Waals surface area contributed by atoms with Gasteiger partial charge in [0.05, 0.1) is 11.8 Å². The highest BCUT2D eigenvalue weighted by Gasteiger charge is 2.16. The predicted octanol–water partition coefficient (Wildman–Crippen LogP) is 3.25. The molecule has 6 nitrogen and oxygen atoms in total. The van der Waals surface area contributed by atoms with Gasteiger partial charge in [0.15, 0.2) is 0 Å². The molecule has 0 saturated carbocycles. The van der Waals surface area contributed by atoms with Crippen molar-refractivity contribution in [1.29, 1.82) is 0 Å². The minimum absolute atomic E-state index is 0.0674. The molecule has 0 aliphatic rings. The molecule has 140 valence electrons. The van der Waals surface area contributed by atoms with Gasteiger partial charge in [-0.15, -0.1) is 10.2 Å². The summed E-state index contributed by atoms with van der Waals surface area (Å²) in [6.07, 6.45) is 0. The van der Waals surface area contributed by atoms with Crippen LogP contribution in [-0.4, -0.2) is 47.4 Å². The number of carbonyl (C=O) groups excluding carboxylic acids is 1. The standard InChI is InChI=1S/C20H22N4O2S/c1-24(2)17(15-9-5-3-6-10-15)13-21-18(25)14-27-20-23-22-19(26-20)16-11-7-4-8-12-16/h3-12,17H,13-14H2,1-2H3,(H,21,25)/t17-/m0/s1. The van der Waals surface area contributed by atoms with E-state index in [2.05, 4.69) is 32.5 Å². The van der Waals surface area contributed by atoms with E-state index in [0.717, 1.165) is 5.56 Å². The lowest BCUT2D eigenvalue weighted by Gasteiger charge is -2.25. The number of nitrogens with one attached hydrogen (secondary N) is 1. The monoisotopic (exact) mass is 382 g/mol. The number of hydrogen-bond donors (Lipinski definition) is 1. The van der Waals surface area contributed by atoms with Crippen LogP contribution in [0.4, 0.5) is 0 Å². The Morgan fingerprint density at radius 2 is 1.74 bits per heavy atom. The number of carbonyl (C=O) groups is 1. The molecule has 2 aromatic carbocycles. The lowest BCUT2D eigenvalue weighted by Crippen LogP contribution is -2.35. The summed E-state index contributed by atoms with van der Waals surface area (Å²) >= 11 is 1.23. The minimum Gasteiger partial charge on any atom is -0.411 e. The lowest BCUT2D eigenvalue weighted by molar-refractivity contribution is -0.118. The fourth-order valence-corrected chi connectivity index (χ4v) is 3.22. The highest BCUT2D eigenvalue weighted by molar-refractivity contribution is 7.99. The molecule has 0 bridgehead atoms. The zero-order chi connectivity index (χ0) is 19.1. The number of aromatic nitrogens is 2. The van der Waals surface area contributed by atoms with Crippen molar-refractivity contribution in [2.75, 3.05) is 26.4 Å². The second-order valence-electron chi connectivity index (χ2n) is 6.22. The van der Waals surface area contributed by atoms with Crippen LogP contribution in [0.2, 0.25) is 0 Å². The quantitative estimate of drug-likeness (QED) is 0.603. The van der Waals surface area contributed by atoms with Crippen molar-refractivity contribution in [3.8, 4) is 11.5 Å². The number of benzene rings is 2. The second-order valence-corrected chi connectivity index (χ2v) is 7.15. The molecule has 27 heavy (non-hydrogen) atoms. The van der Waals surface area contributed by atoms with Crippen molar-refractivity contribution in [1.82, 2.24) is 20.4 Å². The molecule has 1 heterocycles. The Kier molecular flexibility index (Phi) is 6.62. The van der Waals surface area contributed by atoms with Gasteiger partial charge >= 0.3 is 0 Å². The van der Waals surface area contributed by atoms with Gasteiger partial charge in [0, 0.05) is 12.1 Å². The molecule has 0 unspecified atom stereocenters. The maximum absolute atomic E-state index is 12.2. The maximum Gasteiger partial charge on any atom is 0.277 e. The Labute approximate surface area is 163 Å². The van der Waals surface area contributed by atoms with Gasteiger partial charge in [-0.1, -0.05) is 60.3 Å². The molecule has 1 atom stereocenters. The van der Waals surface area contributed by atoms with Crippen LogP contribution in [0.3, 0.4) is 0 Å². The molecule has 3 rings (SSSR count). The summed E-state index contributed by atoms with van der Waals surface area (Å²) in [6.45, 7) is 0.537. The summed E-state index contributed by atoms with van der Waals surface area (Å²) in [5.74, 6) is 0.614. The Balaban J connectivity index is 1.50. The van der Waals surface area contributed by atoms with Crippen molar-refractivity contribution < 1.29 is 9.21 Å². The Bertz CT molecular complexity index is 853. The molecule has 3 aromatic rings. The van der Waals surface area contributed by atoms with Gasteiger partial charge in [0.25, 0.3) is 5.22 Å². The summed E-state index contributed by atoms with van der Waals surface area (Å²) in [4.78, 5) is 14.3. The van der Waals surface area contributed by atoms with Crippen molar-refractivity contribution in [3.05, 3.63) is 66.2 Å². The molecule has 1 aromatic heterocycles. The zero-order valence-corrected chi connectivity index (χ0v) is 16.1. The highest BCUT2D eigenvalue weighted by atomic mass is 32.2. The van der Waals surface area contributed by atoms with E-state index < -0.39 is 0 Å².